The summed E-state index contributed by atoms with van der Waals surface area (Å²) in [4.78, 5) is 0. The highest BCUT2D eigenvalue weighted by atomic mass is 28.4. The summed E-state index contributed by atoms with van der Waals surface area (Å²) in [5, 5.41) is 9.82. The Hall–Kier alpha value is -0.703. The highest BCUT2D eigenvalue weighted by molar-refractivity contribution is 6.77. The minimum absolute atomic E-state index is 0.557. The van der Waals surface area contributed by atoms with Gasteiger partial charge in [0, 0.05) is 12.8 Å². The van der Waals surface area contributed by atoms with Crippen molar-refractivity contribution in [1.29, 1.82) is 0 Å². The molecule has 0 aliphatic heterocycles. The van der Waals surface area contributed by atoms with Gasteiger partial charge in [0.1, 0.15) is 0 Å². The normalized spacial score (nSPS) is 23.1. The number of aliphatic hydroxyl groups is 1. The van der Waals surface area contributed by atoms with E-state index in [0.29, 0.717) is 22.4 Å². The van der Waals surface area contributed by atoms with Gasteiger partial charge in [0.2, 0.25) is 0 Å². The van der Waals surface area contributed by atoms with E-state index in [4.69, 9.17) is 4.43 Å². The third kappa shape index (κ3) is 4.90. The highest BCUT2D eigenvalue weighted by Crippen LogP contribution is 2.44. The fourth-order valence-corrected chi connectivity index (χ4v) is 9.32. The molecule has 1 rings (SSSR count). The van der Waals surface area contributed by atoms with Gasteiger partial charge in [-0.25, -0.2) is 0 Å². The van der Waals surface area contributed by atoms with Crippen LogP contribution in [0.2, 0.25) is 16.6 Å². The van der Waals surface area contributed by atoms with E-state index in [-0.39, 0.29) is 0 Å². The SMILES string of the molecule is CC(C)[Si](O/C1=C/CCC/C=C(/O)CCC1)(C(C)C)C(C)C. The van der Waals surface area contributed by atoms with Crippen molar-refractivity contribution in [3.8, 4) is 0 Å². The summed E-state index contributed by atoms with van der Waals surface area (Å²) in [5.74, 6) is 1.75. The van der Waals surface area contributed by atoms with Crippen LogP contribution in [0.5, 0.6) is 0 Å². The number of hydrogen-bond donors (Lipinski definition) is 1. The van der Waals surface area contributed by atoms with Gasteiger partial charge in [0.05, 0.1) is 11.5 Å². The molecule has 1 aliphatic carbocycles. The molecule has 1 N–H and O–H groups in total. The molecule has 0 radical (unpaired) electrons. The van der Waals surface area contributed by atoms with Crippen molar-refractivity contribution in [3.05, 3.63) is 23.7 Å². The largest absolute Gasteiger partial charge is 0.546 e. The monoisotopic (exact) mass is 324 g/mol. The molecule has 0 aromatic heterocycles. The Balaban J connectivity index is 2.93. The lowest BCUT2D eigenvalue weighted by Gasteiger charge is -2.43. The van der Waals surface area contributed by atoms with Gasteiger partial charge in [0.25, 0.3) is 8.32 Å². The maximum Gasteiger partial charge on any atom is 0.258 e. The van der Waals surface area contributed by atoms with Crippen LogP contribution in [-0.4, -0.2) is 13.4 Å². The summed E-state index contributed by atoms with van der Waals surface area (Å²) in [7, 11) is -1.85. The van der Waals surface area contributed by atoms with Gasteiger partial charge in [-0.3, -0.25) is 0 Å². The fourth-order valence-electron chi connectivity index (χ4n) is 3.97. The lowest BCUT2D eigenvalue weighted by Crippen LogP contribution is -2.47. The minimum atomic E-state index is -1.85. The van der Waals surface area contributed by atoms with Crippen LogP contribution in [0.4, 0.5) is 0 Å². The number of hydrogen-bond acceptors (Lipinski definition) is 2. The summed E-state index contributed by atoms with van der Waals surface area (Å²) in [5.41, 5.74) is 1.83. The maximum absolute atomic E-state index is 9.82. The fraction of sp³-hybridized carbons (Fsp3) is 0.789. The van der Waals surface area contributed by atoms with E-state index >= 15 is 0 Å². The zero-order valence-corrected chi connectivity index (χ0v) is 16.5. The van der Waals surface area contributed by atoms with E-state index in [1.54, 1.807) is 0 Å². The molecule has 0 unspecified atom stereocenters. The molecule has 0 saturated heterocycles. The van der Waals surface area contributed by atoms with Crippen LogP contribution >= 0.6 is 0 Å². The summed E-state index contributed by atoms with van der Waals surface area (Å²) in [6.07, 6.45) is 10.1. The molecule has 2 nitrogen and oxygen atoms in total. The molecule has 0 fully saturated rings. The first kappa shape index (κ1) is 19.3. The van der Waals surface area contributed by atoms with Crippen molar-refractivity contribution in [2.75, 3.05) is 0 Å². The third-order valence-electron chi connectivity index (χ3n) is 5.03. The van der Waals surface area contributed by atoms with Crippen molar-refractivity contribution in [2.45, 2.75) is 96.7 Å². The van der Waals surface area contributed by atoms with Crippen LogP contribution in [-0.2, 0) is 4.43 Å². The smallest absolute Gasteiger partial charge is 0.258 e. The van der Waals surface area contributed by atoms with Gasteiger partial charge in [0.15, 0.2) is 0 Å². The zero-order chi connectivity index (χ0) is 16.8. The Kier molecular flexibility index (Phi) is 7.74. The molecule has 0 amide bonds. The molecular weight excluding hydrogens is 288 g/mol. The molecule has 3 heteroatoms. The van der Waals surface area contributed by atoms with Gasteiger partial charge in [-0.15, -0.1) is 0 Å². The Morgan fingerprint density at radius 2 is 1.41 bits per heavy atom. The molecule has 0 saturated carbocycles. The third-order valence-corrected chi connectivity index (χ3v) is 11.1. The van der Waals surface area contributed by atoms with E-state index in [0.717, 1.165) is 38.5 Å². The van der Waals surface area contributed by atoms with Crippen LogP contribution in [0.25, 0.3) is 0 Å². The van der Waals surface area contributed by atoms with Gasteiger partial charge in [-0.1, -0.05) is 41.5 Å². The van der Waals surface area contributed by atoms with E-state index in [1.807, 2.05) is 6.08 Å². The number of rotatable bonds is 5. The van der Waals surface area contributed by atoms with Gasteiger partial charge in [-0.2, -0.15) is 0 Å². The molecule has 0 spiro atoms. The topological polar surface area (TPSA) is 29.5 Å². The zero-order valence-electron chi connectivity index (χ0n) is 15.5. The van der Waals surface area contributed by atoms with Gasteiger partial charge >= 0.3 is 0 Å². The second-order valence-corrected chi connectivity index (χ2v) is 12.9. The lowest BCUT2D eigenvalue weighted by atomic mass is 10.1. The van der Waals surface area contributed by atoms with Gasteiger partial charge in [-0.05, 0) is 54.5 Å². The molecule has 0 bridgehead atoms. The molecule has 1 aliphatic rings. The summed E-state index contributed by atoms with van der Waals surface area (Å²) in [6.45, 7) is 14.0. The van der Waals surface area contributed by atoms with Crippen LogP contribution in [0.1, 0.15) is 80.1 Å². The predicted octanol–water partition coefficient (Wildman–Crippen LogP) is 6.86. The van der Waals surface area contributed by atoms with Crippen LogP contribution in [0, 0.1) is 0 Å². The number of allylic oxidation sites excluding steroid dienone is 4. The molecule has 128 valence electrons. The minimum Gasteiger partial charge on any atom is -0.546 e. The molecule has 22 heavy (non-hydrogen) atoms. The summed E-state index contributed by atoms with van der Waals surface area (Å²) < 4.78 is 6.83. The van der Waals surface area contributed by atoms with E-state index in [9.17, 15) is 5.11 Å². The summed E-state index contributed by atoms with van der Waals surface area (Å²) >= 11 is 0. The lowest BCUT2D eigenvalue weighted by molar-refractivity contribution is 0.337. The number of aliphatic hydroxyl groups excluding tert-OH is 1. The Morgan fingerprint density at radius 3 is 1.95 bits per heavy atom. The first-order valence-electron chi connectivity index (χ1n) is 9.06. The molecule has 0 atom stereocenters. The maximum atomic E-state index is 9.82. The Labute approximate surface area is 138 Å². The highest BCUT2D eigenvalue weighted by Gasteiger charge is 2.47. The average Bonchev–Trinajstić information content (AvgIpc) is 2.42. The molecular formula is C19H36O2Si. The van der Waals surface area contributed by atoms with E-state index in [2.05, 4.69) is 47.6 Å². The van der Waals surface area contributed by atoms with Crippen LogP contribution in [0.15, 0.2) is 23.7 Å². The standard InChI is InChI=1S/C19H36O2Si/c1-15(2)22(16(3)4,17(5)6)21-19-13-9-7-8-11-18(20)12-10-14-19/h11,13,15-17,20H,7-10,12,14H2,1-6H3/b18-11+,19-13+. The van der Waals surface area contributed by atoms with Crippen molar-refractivity contribution in [2.24, 2.45) is 0 Å². The molecule has 0 heterocycles. The predicted molar refractivity (Wildman–Crippen MR) is 98.6 cm³/mol. The molecule has 0 aromatic rings. The van der Waals surface area contributed by atoms with Crippen LogP contribution in [0.3, 0.4) is 0 Å². The van der Waals surface area contributed by atoms with Crippen molar-refractivity contribution in [3.63, 3.8) is 0 Å². The second kappa shape index (κ2) is 8.81. The van der Waals surface area contributed by atoms with Crippen molar-refractivity contribution < 1.29 is 9.53 Å². The van der Waals surface area contributed by atoms with Crippen LogP contribution < -0.4 is 0 Å². The van der Waals surface area contributed by atoms with Crippen molar-refractivity contribution in [1.82, 2.24) is 0 Å². The van der Waals surface area contributed by atoms with Crippen molar-refractivity contribution >= 4 is 8.32 Å². The van der Waals surface area contributed by atoms with E-state index < -0.39 is 8.32 Å². The quantitative estimate of drug-likeness (QED) is 0.560. The summed E-state index contributed by atoms with van der Waals surface area (Å²) in [6, 6.07) is 0. The first-order chi connectivity index (χ1) is 10.3. The second-order valence-electron chi connectivity index (χ2n) is 7.57. The average molecular weight is 325 g/mol. The molecule has 0 aromatic carbocycles. The Morgan fingerprint density at radius 1 is 0.864 bits per heavy atom. The first-order valence-corrected chi connectivity index (χ1v) is 11.2. The Bertz CT molecular complexity index is 372. The van der Waals surface area contributed by atoms with E-state index in [1.165, 1.54) is 5.76 Å². The van der Waals surface area contributed by atoms with Gasteiger partial charge < -0.3 is 9.53 Å².